The second-order valence-electron chi connectivity index (χ2n) is 4.09. The molecule has 1 saturated heterocycles. The second kappa shape index (κ2) is 5.92. The topological polar surface area (TPSA) is 84.1 Å². The van der Waals surface area contributed by atoms with Crippen LogP contribution >= 0.6 is 11.5 Å². The van der Waals surface area contributed by atoms with Gasteiger partial charge in [-0.15, -0.1) is 0 Å². The Morgan fingerprint density at radius 1 is 1.71 bits per heavy atom. The van der Waals surface area contributed by atoms with Gasteiger partial charge in [0.1, 0.15) is 6.33 Å². The first kappa shape index (κ1) is 12.3. The molecule has 1 amide bonds. The van der Waals surface area contributed by atoms with Gasteiger partial charge in [-0.25, -0.2) is 4.98 Å². The molecule has 1 atom stereocenters. The van der Waals surface area contributed by atoms with E-state index in [1.807, 2.05) is 0 Å². The Morgan fingerprint density at radius 3 is 3.29 bits per heavy atom. The minimum absolute atomic E-state index is 0.0409. The summed E-state index contributed by atoms with van der Waals surface area (Å²) < 4.78 is 3.99. The highest BCUT2D eigenvalue weighted by Crippen LogP contribution is 2.23. The molecule has 3 N–H and O–H groups in total. The average molecular weight is 255 g/mol. The van der Waals surface area contributed by atoms with Crippen LogP contribution in [0.15, 0.2) is 6.33 Å². The summed E-state index contributed by atoms with van der Waals surface area (Å²) in [7, 11) is 0. The maximum atomic E-state index is 11.8. The van der Waals surface area contributed by atoms with Gasteiger partial charge in [0.15, 0.2) is 0 Å². The lowest BCUT2D eigenvalue weighted by Gasteiger charge is -2.31. The summed E-state index contributed by atoms with van der Waals surface area (Å²) in [5.74, 6) is 0.142. The molecular formula is C10H17N5OS. The quantitative estimate of drug-likeness (QED) is 0.780. The molecule has 1 aliphatic rings. The maximum absolute atomic E-state index is 11.8. The molecule has 0 saturated carbocycles. The molecule has 1 aromatic heterocycles. The van der Waals surface area contributed by atoms with Crippen LogP contribution in [-0.4, -0.2) is 41.4 Å². The zero-order valence-electron chi connectivity index (χ0n) is 9.63. The number of hydrogen-bond acceptors (Lipinski definition) is 6. The number of piperidine rings is 1. The van der Waals surface area contributed by atoms with Gasteiger partial charge in [-0.3, -0.25) is 4.79 Å². The predicted octanol–water partition coefficient (Wildman–Crippen LogP) is -0.171. The van der Waals surface area contributed by atoms with Gasteiger partial charge >= 0.3 is 0 Å². The molecule has 1 fully saturated rings. The Morgan fingerprint density at radius 2 is 2.59 bits per heavy atom. The van der Waals surface area contributed by atoms with Crippen LogP contribution in [0.5, 0.6) is 0 Å². The van der Waals surface area contributed by atoms with E-state index >= 15 is 0 Å². The zero-order chi connectivity index (χ0) is 12.1. The van der Waals surface area contributed by atoms with Crippen LogP contribution in [0.2, 0.25) is 0 Å². The van der Waals surface area contributed by atoms with Crippen LogP contribution in [0.1, 0.15) is 12.8 Å². The highest BCUT2D eigenvalue weighted by atomic mass is 32.1. The van der Waals surface area contributed by atoms with E-state index in [0.29, 0.717) is 13.1 Å². The fourth-order valence-corrected chi connectivity index (χ4v) is 2.58. The minimum atomic E-state index is 0.0409. The van der Waals surface area contributed by atoms with Crippen molar-refractivity contribution in [2.24, 2.45) is 11.7 Å². The van der Waals surface area contributed by atoms with Crippen molar-refractivity contribution in [1.29, 1.82) is 0 Å². The molecule has 7 heteroatoms. The lowest BCUT2D eigenvalue weighted by atomic mass is 9.97. The number of aromatic nitrogens is 2. The van der Waals surface area contributed by atoms with E-state index in [2.05, 4.69) is 19.6 Å². The molecule has 0 spiro atoms. The number of hydrogen-bond donors (Lipinski definition) is 2. The molecule has 6 nitrogen and oxygen atoms in total. The zero-order valence-corrected chi connectivity index (χ0v) is 10.4. The minimum Gasteiger partial charge on any atom is -0.355 e. The Labute approximate surface area is 104 Å². The highest BCUT2D eigenvalue weighted by molar-refractivity contribution is 7.09. The van der Waals surface area contributed by atoms with Crippen molar-refractivity contribution in [3.05, 3.63) is 6.33 Å². The van der Waals surface area contributed by atoms with E-state index in [0.717, 1.165) is 31.1 Å². The molecule has 0 radical (unpaired) electrons. The molecule has 0 bridgehead atoms. The van der Waals surface area contributed by atoms with E-state index in [4.69, 9.17) is 5.73 Å². The van der Waals surface area contributed by atoms with Gasteiger partial charge in [-0.05, 0) is 12.8 Å². The fourth-order valence-electron chi connectivity index (χ4n) is 2.01. The Hall–Kier alpha value is -1.21. The summed E-state index contributed by atoms with van der Waals surface area (Å²) >= 11 is 1.37. The van der Waals surface area contributed by atoms with Crippen molar-refractivity contribution in [3.63, 3.8) is 0 Å². The maximum Gasteiger partial charge on any atom is 0.224 e. The molecule has 17 heavy (non-hydrogen) atoms. The number of nitrogens with two attached hydrogens (primary N) is 1. The smallest absolute Gasteiger partial charge is 0.224 e. The molecule has 1 aliphatic heterocycles. The SMILES string of the molecule is NCCNC(=O)C1CCCN(c2ncns2)C1. The van der Waals surface area contributed by atoms with Crippen molar-refractivity contribution in [2.75, 3.05) is 31.1 Å². The molecule has 2 heterocycles. The second-order valence-corrected chi connectivity index (χ2v) is 4.85. The van der Waals surface area contributed by atoms with Crippen molar-refractivity contribution in [3.8, 4) is 0 Å². The number of rotatable bonds is 4. The molecule has 1 aromatic rings. The van der Waals surface area contributed by atoms with Gasteiger partial charge in [0.05, 0.1) is 5.92 Å². The first-order valence-electron chi connectivity index (χ1n) is 5.80. The number of anilines is 1. The molecule has 1 unspecified atom stereocenters. The Bertz CT molecular complexity index is 356. The third kappa shape index (κ3) is 3.13. The fraction of sp³-hybridized carbons (Fsp3) is 0.700. The first-order chi connectivity index (χ1) is 8.31. The van der Waals surface area contributed by atoms with Gasteiger partial charge in [-0.1, -0.05) is 0 Å². The summed E-state index contributed by atoms with van der Waals surface area (Å²) in [6, 6.07) is 0. The normalized spacial score (nSPS) is 20.3. The number of carbonyl (C=O) groups is 1. The van der Waals surface area contributed by atoms with Gasteiger partial charge in [0, 0.05) is 37.7 Å². The van der Waals surface area contributed by atoms with Crippen LogP contribution in [0.4, 0.5) is 5.13 Å². The summed E-state index contributed by atoms with van der Waals surface area (Å²) in [6.07, 6.45) is 3.50. The number of amides is 1. The van der Waals surface area contributed by atoms with Crippen LogP contribution in [0.3, 0.4) is 0 Å². The predicted molar refractivity (Wildman–Crippen MR) is 66.9 cm³/mol. The standard InChI is InChI=1S/C10H17N5OS/c11-3-4-12-9(16)8-2-1-5-15(6-8)10-13-7-14-17-10/h7-8H,1-6,11H2,(H,12,16). The van der Waals surface area contributed by atoms with Gasteiger partial charge in [0.2, 0.25) is 11.0 Å². The monoisotopic (exact) mass is 255 g/mol. The third-order valence-corrected chi connectivity index (χ3v) is 3.58. The number of nitrogens with one attached hydrogen (secondary N) is 1. The summed E-state index contributed by atoms with van der Waals surface area (Å²) in [6.45, 7) is 2.72. The van der Waals surface area contributed by atoms with E-state index in [1.165, 1.54) is 11.5 Å². The third-order valence-electron chi connectivity index (χ3n) is 2.86. The van der Waals surface area contributed by atoms with E-state index in [9.17, 15) is 4.79 Å². The van der Waals surface area contributed by atoms with E-state index < -0.39 is 0 Å². The summed E-state index contributed by atoms with van der Waals surface area (Å²) in [5, 5.41) is 3.75. The van der Waals surface area contributed by atoms with Crippen molar-refractivity contribution in [1.82, 2.24) is 14.7 Å². The van der Waals surface area contributed by atoms with Crippen LogP contribution < -0.4 is 16.0 Å². The van der Waals surface area contributed by atoms with Gasteiger partial charge in [-0.2, -0.15) is 4.37 Å². The molecule has 0 aliphatic carbocycles. The Balaban J connectivity index is 1.90. The highest BCUT2D eigenvalue weighted by Gasteiger charge is 2.26. The lowest BCUT2D eigenvalue weighted by molar-refractivity contribution is -0.125. The first-order valence-corrected chi connectivity index (χ1v) is 6.58. The summed E-state index contributed by atoms with van der Waals surface area (Å²) in [5.41, 5.74) is 5.37. The largest absolute Gasteiger partial charge is 0.355 e. The average Bonchev–Trinajstić information content (AvgIpc) is 2.90. The van der Waals surface area contributed by atoms with Gasteiger partial charge in [0.25, 0.3) is 0 Å². The summed E-state index contributed by atoms with van der Waals surface area (Å²) in [4.78, 5) is 18.2. The van der Waals surface area contributed by atoms with E-state index in [-0.39, 0.29) is 11.8 Å². The molecule has 94 valence electrons. The Kier molecular flexibility index (Phi) is 4.27. The van der Waals surface area contributed by atoms with Crippen LogP contribution in [-0.2, 0) is 4.79 Å². The van der Waals surface area contributed by atoms with Gasteiger partial charge < -0.3 is 16.0 Å². The molecule has 2 rings (SSSR count). The van der Waals surface area contributed by atoms with Crippen molar-refractivity contribution < 1.29 is 4.79 Å². The van der Waals surface area contributed by atoms with Crippen molar-refractivity contribution >= 4 is 22.6 Å². The van der Waals surface area contributed by atoms with Crippen LogP contribution in [0.25, 0.3) is 0 Å². The van der Waals surface area contributed by atoms with Crippen molar-refractivity contribution in [2.45, 2.75) is 12.8 Å². The lowest BCUT2D eigenvalue weighted by Crippen LogP contribution is -2.44. The van der Waals surface area contributed by atoms with Crippen LogP contribution in [0, 0.1) is 5.92 Å². The molecular weight excluding hydrogens is 238 g/mol. The number of nitrogens with zero attached hydrogens (tertiary/aromatic N) is 3. The number of carbonyl (C=O) groups excluding carboxylic acids is 1. The molecule has 0 aromatic carbocycles. The van der Waals surface area contributed by atoms with E-state index in [1.54, 1.807) is 6.33 Å².